The van der Waals surface area contributed by atoms with E-state index >= 15 is 0 Å². The summed E-state index contributed by atoms with van der Waals surface area (Å²) < 4.78 is 30.3. The number of nitrogens with one attached hydrogen (secondary N) is 2. The standard InChI is InChI=1S/C35H37FN4O5/c1-43-33-10-6-5-9-32(33)40-21-19-39(20-22-40)23-34(41)38-31(25-44-24-26-7-3-2-4-8-26)35(42)37-28-13-17-30(18-14-28)45-29-15-11-27(36)12-16-29/h2-18,31H,19-25H2,1H3,(H,37,42)(H,38,41)/t31-/m0/s1. The number of amides is 2. The van der Waals surface area contributed by atoms with Gasteiger partial charge in [-0.15, -0.1) is 0 Å². The van der Waals surface area contributed by atoms with E-state index < -0.39 is 11.9 Å². The number of benzene rings is 4. The van der Waals surface area contributed by atoms with Crippen LogP contribution < -0.4 is 25.0 Å². The molecule has 45 heavy (non-hydrogen) atoms. The highest BCUT2D eigenvalue weighted by Gasteiger charge is 2.25. The lowest BCUT2D eigenvalue weighted by Crippen LogP contribution is -2.53. The van der Waals surface area contributed by atoms with E-state index in [1.54, 1.807) is 31.4 Å². The maximum Gasteiger partial charge on any atom is 0.249 e. The van der Waals surface area contributed by atoms with E-state index in [1.807, 2.05) is 54.6 Å². The predicted octanol–water partition coefficient (Wildman–Crippen LogP) is 5.09. The monoisotopic (exact) mass is 612 g/mol. The van der Waals surface area contributed by atoms with Crippen LogP contribution >= 0.6 is 0 Å². The van der Waals surface area contributed by atoms with Crippen LogP contribution in [-0.4, -0.2) is 69.2 Å². The summed E-state index contributed by atoms with van der Waals surface area (Å²) in [5.74, 6) is 0.843. The fraction of sp³-hybridized carbons (Fsp3) is 0.257. The lowest BCUT2D eigenvalue weighted by Gasteiger charge is -2.36. The molecule has 10 heteroatoms. The van der Waals surface area contributed by atoms with Crippen molar-refractivity contribution in [1.82, 2.24) is 10.2 Å². The Morgan fingerprint density at radius 1 is 0.822 bits per heavy atom. The smallest absolute Gasteiger partial charge is 0.249 e. The molecule has 0 saturated carbocycles. The van der Waals surface area contributed by atoms with Crippen molar-refractivity contribution in [3.05, 3.63) is 115 Å². The normalized spacial score (nSPS) is 14.0. The van der Waals surface area contributed by atoms with Crippen LogP contribution in [0.5, 0.6) is 17.2 Å². The molecule has 1 aliphatic heterocycles. The zero-order valence-corrected chi connectivity index (χ0v) is 25.2. The van der Waals surface area contributed by atoms with Gasteiger partial charge in [-0.05, 0) is 66.2 Å². The van der Waals surface area contributed by atoms with Crippen molar-refractivity contribution in [2.45, 2.75) is 12.6 Å². The Hall–Kier alpha value is -4.93. The number of piperazine rings is 1. The highest BCUT2D eigenvalue weighted by Crippen LogP contribution is 2.28. The van der Waals surface area contributed by atoms with Crippen LogP contribution in [0.3, 0.4) is 0 Å². The van der Waals surface area contributed by atoms with Gasteiger partial charge in [-0.2, -0.15) is 0 Å². The maximum atomic E-state index is 13.3. The van der Waals surface area contributed by atoms with Crippen LogP contribution in [0.25, 0.3) is 0 Å². The molecule has 0 spiro atoms. The minimum atomic E-state index is -0.911. The molecule has 0 bridgehead atoms. The molecule has 1 saturated heterocycles. The van der Waals surface area contributed by atoms with E-state index in [0.29, 0.717) is 36.9 Å². The fourth-order valence-corrected chi connectivity index (χ4v) is 5.01. The van der Waals surface area contributed by atoms with Crippen LogP contribution in [-0.2, 0) is 20.9 Å². The largest absolute Gasteiger partial charge is 0.495 e. The van der Waals surface area contributed by atoms with Crippen molar-refractivity contribution < 1.29 is 28.2 Å². The number of halogens is 1. The van der Waals surface area contributed by atoms with Gasteiger partial charge in [0.2, 0.25) is 11.8 Å². The van der Waals surface area contributed by atoms with Gasteiger partial charge in [0, 0.05) is 31.9 Å². The first-order valence-corrected chi connectivity index (χ1v) is 14.8. The summed E-state index contributed by atoms with van der Waals surface area (Å²) in [6.07, 6.45) is 0. The Labute approximate surface area is 262 Å². The average Bonchev–Trinajstić information content (AvgIpc) is 3.07. The van der Waals surface area contributed by atoms with E-state index in [2.05, 4.69) is 20.4 Å². The van der Waals surface area contributed by atoms with Crippen LogP contribution in [0.2, 0.25) is 0 Å². The molecule has 5 rings (SSSR count). The fourth-order valence-electron chi connectivity index (χ4n) is 5.01. The third-order valence-electron chi connectivity index (χ3n) is 7.38. The molecule has 0 aromatic heterocycles. The lowest BCUT2D eigenvalue weighted by atomic mass is 10.2. The van der Waals surface area contributed by atoms with E-state index in [1.165, 1.54) is 24.3 Å². The second kappa shape index (κ2) is 15.7. The molecule has 4 aromatic carbocycles. The average molecular weight is 613 g/mol. The molecule has 0 aliphatic carbocycles. The number of hydrogen-bond acceptors (Lipinski definition) is 7. The molecule has 2 amide bonds. The number of rotatable bonds is 13. The molecule has 4 aromatic rings. The number of carbonyl (C=O) groups is 2. The number of para-hydroxylation sites is 2. The number of carbonyl (C=O) groups excluding carboxylic acids is 2. The molecule has 0 radical (unpaired) electrons. The number of nitrogens with zero attached hydrogens (tertiary/aromatic N) is 2. The number of methoxy groups -OCH3 is 1. The third-order valence-corrected chi connectivity index (χ3v) is 7.38. The zero-order chi connectivity index (χ0) is 31.4. The summed E-state index contributed by atoms with van der Waals surface area (Å²) >= 11 is 0. The maximum absolute atomic E-state index is 13.3. The van der Waals surface area contributed by atoms with Crippen molar-refractivity contribution in [2.75, 3.05) is 56.7 Å². The highest BCUT2D eigenvalue weighted by molar-refractivity contribution is 5.97. The van der Waals surface area contributed by atoms with Gasteiger partial charge in [0.25, 0.3) is 0 Å². The van der Waals surface area contributed by atoms with Crippen molar-refractivity contribution in [3.63, 3.8) is 0 Å². The van der Waals surface area contributed by atoms with E-state index in [-0.39, 0.29) is 24.9 Å². The quantitative estimate of drug-likeness (QED) is 0.217. The summed E-state index contributed by atoms with van der Waals surface area (Å²) in [5.41, 5.74) is 2.53. The summed E-state index contributed by atoms with van der Waals surface area (Å²) in [5, 5.41) is 5.74. The molecule has 1 atom stereocenters. The third kappa shape index (κ3) is 9.28. The summed E-state index contributed by atoms with van der Waals surface area (Å²) in [4.78, 5) is 30.8. The predicted molar refractivity (Wildman–Crippen MR) is 171 cm³/mol. The van der Waals surface area contributed by atoms with Gasteiger partial charge in [0.05, 0.1) is 32.6 Å². The number of ether oxygens (including phenoxy) is 3. The van der Waals surface area contributed by atoms with Gasteiger partial charge < -0.3 is 29.7 Å². The van der Waals surface area contributed by atoms with E-state index in [4.69, 9.17) is 14.2 Å². The summed E-state index contributed by atoms with van der Waals surface area (Å²) in [7, 11) is 1.66. The molecule has 0 unspecified atom stereocenters. The molecule has 234 valence electrons. The van der Waals surface area contributed by atoms with E-state index in [0.717, 1.165) is 30.1 Å². The minimum Gasteiger partial charge on any atom is -0.495 e. The molecule has 9 nitrogen and oxygen atoms in total. The van der Waals surface area contributed by atoms with Gasteiger partial charge >= 0.3 is 0 Å². The van der Waals surface area contributed by atoms with Gasteiger partial charge in [-0.25, -0.2) is 4.39 Å². The number of hydrogen-bond donors (Lipinski definition) is 2. The van der Waals surface area contributed by atoms with Crippen molar-refractivity contribution in [2.24, 2.45) is 0 Å². The van der Waals surface area contributed by atoms with Gasteiger partial charge in [0.1, 0.15) is 29.1 Å². The second-order valence-electron chi connectivity index (χ2n) is 10.6. The Morgan fingerprint density at radius 3 is 2.16 bits per heavy atom. The molecule has 2 N–H and O–H groups in total. The molecule has 1 fully saturated rings. The molecular formula is C35H37FN4O5. The van der Waals surface area contributed by atoms with Crippen molar-refractivity contribution in [1.29, 1.82) is 0 Å². The zero-order valence-electron chi connectivity index (χ0n) is 25.2. The van der Waals surface area contributed by atoms with Crippen molar-refractivity contribution >= 4 is 23.2 Å². The molecule has 1 heterocycles. The van der Waals surface area contributed by atoms with E-state index in [9.17, 15) is 14.0 Å². The van der Waals surface area contributed by atoms with Crippen molar-refractivity contribution in [3.8, 4) is 17.2 Å². The summed E-state index contributed by atoms with van der Waals surface area (Å²) in [6.45, 7) is 3.36. The number of anilines is 2. The Bertz CT molecular complexity index is 1530. The molecular weight excluding hydrogens is 575 g/mol. The van der Waals surface area contributed by atoms with Gasteiger partial charge in [-0.3, -0.25) is 14.5 Å². The Kier molecular flexibility index (Phi) is 11.0. The van der Waals surface area contributed by atoms with Crippen LogP contribution in [0.15, 0.2) is 103 Å². The van der Waals surface area contributed by atoms with Crippen LogP contribution in [0.4, 0.5) is 15.8 Å². The second-order valence-corrected chi connectivity index (χ2v) is 10.6. The summed E-state index contributed by atoms with van der Waals surface area (Å²) in [6, 6.07) is 29.1. The lowest BCUT2D eigenvalue weighted by molar-refractivity contribution is -0.128. The topological polar surface area (TPSA) is 92.4 Å². The van der Waals surface area contributed by atoms with Crippen LogP contribution in [0.1, 0.15) is 5.56 Å². The van der Waals surface area contributed by atoms with Gasteiger partial charge in [-0.1, -0.05) is 42.5 Å². The van der Waals surface area contributed by atoms with Gasteiger partial charge in [0.15, 0.2) is 0 Å². The highest BCUT2D eigenvalue weighted by atomic mass is 19.1. The Balaban J connectivity index is 1.16. The first-order chi connectivity index (χ1) is 22.0. The minimum absolute atomic E-state index is 0.000190. The Morgan fingerprint density at radius 2 is 1.47 bits per heavy atom. The SMILES string of the molecule is COc1ccccc1N1CCN(CC(=O)N[C@@H](COCc2ccccc2)C(=O)Nc2ccc(Oc3ccc(F)cc3)cc2)CC1. The molecule has 1 aliphatic rings. The first-order valence-electron chi connectivity index (χ1n) is 14.8. The first kappa shape index (κ1) is 31.5. The van der Waals surface area contributed by atoms with Crippen LogP contribution in [0, 0.1) is 5.82 Å².